The molecule has 7 heteroatoms. The molecule has 0 aromatic heterocycles. The Morgan fingerprint density at radius 3 is 2.86 bits per heavy atom. The van der Waals surface area contributed by atoms with Crippen LogP contribution in [0.4, 0.5) is 10.5 Å². The second-order valence-electron chi connectivity index (χ2n) is 4.70. The molecular formula is C14H15N3O3S. The van der Waals surface area contributed by atoms with Gasteiger partial charge in [-0.1, -0.05) is 6.07 Å². The van der Waals surface area contributed by atoms with Gasteiger partial charge in [-0.05, 0) is 25.1 Å². The molecule has 0 radical (unpaired) electrons. The number of nitriles is 1. The average Bonchev–Trinajstić information content (AvgIpc) is 2.87. The van der Waals surface area contributed by atoms with E-state index >= 15 is 0 Å². The predicted octanol–water partition coefficient (Wildman–Crippen LogP) is 1.96. The highest BCUT2D eigenvalue weighted by atomic mass is 32.2. The topological polar surface area (TPSA) is 84.6 Å². The predicted molar refractivity (Wildman–Crippen MR) is 80.1 cm³/mol. The van der Waals surface area contributed by atoms with Gasteiger partial charge < -0.3 is 5.11 Å². The van der Waals surface area contributed by atoms with Crippen LogP contribution in [-0.4, -0.2) is 46.2 Å². The van der Waals surface area contributed by atoms with Crippen LogP contribution in [0, 0.1) is 11.3 Å². The third-order valence-corrected chi connectivity index (χ3v) is 4.60. The number of carboxylic acids is 1. The van der Waals surface area contributed by atoms with Crippen molar-refractivity contribution in [2.75, 3.05) is 17.7 Å². The minimum absolute atomic E-state index is 0.194. The average molecular weight is 305 g/mol. The van der Waals surface area contributed by atoms with Crippen LogP contribution < -0.4 is 4.90 Å². The lowest BCUT2D eigenvalue weighted by atomic mass is 10.2. The molecule has 1 aliphatic rings. The fourth-order valence-electron chi connectivity index (χ4n) is 2.19. The van der Waals surface area contributed by atoms with Gasteiger partial charge >= 0.3 is 12.0 Å². The Balaban J connectivity index is 2.25. The number of aliphatic carboxylic acids is 1. The quantitative estimate of drug-likeness (QED) is 0.903. The summed E-state index contributed by atoms with van der Waals surface area (Å²) in [6.45, 7) is 1.81. The van der Waals surface area contributed by atoms with Gasteiger partial charge in [-0.15, -0.1) is 11.8 Å². The zero-order chi connectivity index (χ0) is 15.6. The third-order valence-electron chi connectivity index (χ3n) is 3.38. The Bertz CT molecular complexity index is 614. The van der Waals surface area contributed by atoms with E-state index in [1.165, 1.54) is 21.6 Å². The van der Waals surface area contributed by atoms with Gasteiger partial charge in [0.25, 0.3) is 0 Å². The normalized spacial score (nSPS) is 20.9. The molecule has 1 aromatic rings. The van der Waals surface area contributed by atoms with Gasteiger partial charge in [0.2, 0.25) is 0 Å². The Kier molecular flexibility index (Phi) is 4.38. The molecule has 0 aliphatic carbocycles. The number of thioether (sulfide) groups is 1. The van der Waals surface area contributed by atoms with Crippen molar-refractivity contribution < 1.29 is 14.7 Å². The Hall–Kier alpha value is -2.20. The molecule has 1 aromatic carbocycles. The van der Waals surface area contributed by atoms with Crippen molar-refractivity contribution in [1.82, 2.24) is 4.90 Å². The van der Waals surface area contributed by atoms with Gasteiger partial charge in [-0.2, -0.15) is 5.26 Å². The van der Waals surface area contributed by atoms with E-state index in [1.54, 1.807) is 31.3 Å². The number of urea groups is 1. The van der Waals surface area contributed by atoms with Gasteiger partial charge in [0.1, 0.15) is 6.04 Å². The summed E-state index contributed by atoms with van der Waals surface area (Å²) in [5, 5.41) is 17.9. The van der Waals surface area contributed by atoms with Crippen molar-refractivity contribution in [3.63, 3.8) is 0 Å². The molecule has 110 valence electrons. The van der Waals surface area contributed by atoms with Crippen molar-refractivity contribution in [3.8, 4) is 6.07 Å². The minimum atomic E-state index is -1.00. The number of amides is 2. The van der Waals surface area contributed by atoms with Gasteiger partial charge in [-0.25, -0.2) is 9.59 Å². The number of carbonyl (C=O) groups is 2. The minimum Gasteiger partial charge on any atom is -0.480 e. The van der Waals surface area contributed by atoms with Crippen LogP contribution in [-0.2, 0) is 4.79 Å². The van der Waals surface area contributed by atoms with Gasteiger partial charge in [0.05, 0.1) is 17.0 Å². The summed E-state index contributed by atoms with van der Waals surface area (Å²) in [4.78, 5) is 26.6. The highest BCUT2D eigenvalue weighted by Gasteiger charge is 2.40. The van der Waals surface area contributed by atoms with Crippen LogP contribution in [0.1, 0.15) is 12.5 Å². The first-order chi connectivity index (χ1) is 9.95. The largest absolute Gasteiger partial charge is 0.480 e. The highest BCUT2D eigenvalue weighted by Crippen LogP contribution is 2.30. The maximum absolute atomic E-state index is 12.6. The third kappa shape index (κ3) is 2.95. The summed E-state index contributed by atoms with van der Waals surface area (Å²) in [5.74, 6) is -0.617. The zero-order valence-corrected chi connectivity index (χ0v) is 12.5. The first-order valence-corrected chi connectivity index (χ1v) is 7.41. The molecular weight excluding hydrogens is 290 g/mol. The van der Waals surface area contributed by atoms with E-state index < -0.39 is 12.0 Å². The molecule has 0 saturated carbocycles. The van der Waals surface area contributed by atoms with E-state index in [0.717, 1.165) is 0 Å². The van der Waals surface area contributed by atoms with Crippen LogP contribution in [0.25, 0.3) is 0 Å². The lowest BCUT2D eigenvalue weighted by Gasteiger charge is -2.30. The van der Waals surface area contributed by atoms with Crippen LogP contribution >= 0.6 is 11.8 Å². The molecule has 1 heterocycles. The molecule has 1 fully saturated rings. The van der Waals surface area contributed by atoms with E-state index in [4.69, 9.17) is 5.26 Å². The second kappa shape index (κ2) is 6.06. The first kappa shape index (κ1) is 15.2. The van der Waals surface area contributed by atoms with E-state index in [1.807, 2.05) is 13.0 Å². The van der Waals surface area contributed by atoms with Crippen molar-refractivity contribution >= 4 is 29.4 Å². The SMILES string of the molecule is CC1SCC(C(=O)O)N1C(=O)N(C)c1cccc(C#N)c1. The van der Waals surface area contributed by atoms with Crippen molar-refractivity contribution in [2.24, 2.45) is 0 Å². The maximum atomic E-state index is 12.6. The van der Waals surface area contributed by atoms with Gasteiger partial charge in [0.15, 0.2) is 0 Å². The monoisotopic (exact) mass is 305 g/mol. The summed E-state index contributed by atoms with van der Waals surface area (Å²) < 4.78 is 0. The molecule has 2 rings (SSSR count). The fraction of sp³-hybridized carbons (Fsp3) is 0.357. The van der Waals surface area contributed by atoms with E-state index in [2.05, 4.69) is 0 Å². The standard InChI is InChI=1S/C14H15N3O3S/c1-9-17(12(8-21-9)13(18)19)14(20)16(2)11-5-3-4-10(6-11)7-15/h3-6,9,12H,8H2,1-2H3,(H,18,19). The molecule has 1 N–H and O–H groups in total. The Labute approximate surface area is 126 Å². The molecule has 0 bridgehead atoms. The zero-order valence-electron chi connectivity index (χ0n) is 11.7. The summed E-state index contributed by atoms with van der Waals surface area (Å²) in [5.41, 5.74) is 1.01. The van der Waals surface area contributed by atoms with Crippen LogP contribution in [0.5, 0.6) is 0 Å². The molecule has 1 aliphatic heterocycles. The van der Waals surface area contributed by atoms with Crippen LogP contribution in [0.15, 0.2) is 24.3 Å². The number of rotatable bonds is 2. The van der Waals surface area contributed by atoms with E-state index in [9.17, 15) is 14.7 Å². The molecule has 2 amide bonds. The fourth-order valence-corrected chi connectivity index (χ4v) is 3.35. The molecule has 2 atom stereocenters. The number of hydrogen-bond donors (Lipinski definition) is 1. The second-order valence-corrected chi connectivity index (χ2v) is 6.05. The highest BCUT2D eigenvalue weighted by molar-refractivity contribution is 8.00. The maximum Gasteiger partial charge on any atom is 0.327 e. The molecule has 6 nitrogen and oxygen atoms in total. The summed E-state index contributed by atoms with van der Waals surface area (Å²) in [6, 6.07) is 7.46. The first-order valence-electron chi connectivity index (χ1n) is 6.36. The number of anilines is 1. The van der Waals surface area contributed by atoms with E-state index in [0.29, 0.717) is 17.0 Å². The smallest absolute Gasteiger partial charge is 0.327 e. The number of carboxylic acid groups (broad SMARTS) is 1. The van der Waals surface area contributed by atoms with E-state index in [-0.39, 0.29) is 11.4 Å². The molecule has 21 heavy (non-hydrogen) atoms. The lowest BCUT2D eigenvalue weighted by molar-refractivity contribution is -0.141. The number of carbonyl (C=O) groups excluding carboxylic acids is 1. The Morgan fingerprint density at radius 1 is 1.52 bits per heavy atom. The number of nitrogens with zero attached hydrogens (tertiary/aromatic N) is 3. The van der Waals surface area contributed by atoms with Gasteiger partial charge in [0, 0.05) is 18.5 Å². The van der Waals surface area contributed by atoms with Crippen LogP contribution in [0.2, 0.25) is 0 Å². The molecule has 0 spiro atoms. The summed E-state index contributed by atoms with van der Waals surface area (Å²) >= 11 is 1.44. The van der Waals surface area contributed by atoms with Crippen molar-refractivity contribution in [3.05, 3.63) is 29.8 Å². The number of hydrogen-bond acceptors (Lipinski definition) is 4. The lowest BCUT2D eigenvalue weighted by Crippen LogP contribution is -2.50. The van der Waals surface area contributed by atoms with Crippen molar-refractivity contribution in [2.45, 2.75) is 18.3 Å². The van der Waals surface area contributed by atoms with Crippen LogP contribution in [0.3, 0.4) is 0 Å². The number of benzene rings is 1. The van der Waals surface area contributed by atoms with Crippen molar-refractivity contribution in [1.29, 1.82) is 5.26 Å². The molecule has 1 saturated heterocycles. The summed E-state index contributed by atoms with van der Waals surface area (Å²) in [7, 11) is 1.58. The Morgan fingerprint density at radius 2 is 2.24 bits per heavy atom. The summed E-state index contributed by atoms with van der Waals surface area (Å²) in [6.07, 6.45) is 0. The van der Waals surface area contributed by atoms with Gasteiger partial charge in [-0.3, -0.25) is 9.80 Å². The molecule has 2 unspecified atom stereocenters.